The molecule has 27 heavy (non-hydrogen) atoms. The summed E-state index contributed by atoms with van der Waals surface area (Å²) < 4.78 is 0. The Morgan fingerprint density at radius 1 is 1.33 bits per heavy atom. The third-order valence-corrected chi connectivity index (χ3v) is 6.41. The maximum Gasteiger partial charge on any atom is 0.323 e. The van der Waals surface area contributed by atoms with Gasteiger partial charge in [-0.1, -0.05) is 11.3 Å². The topological polar surface area (TPSA) is 103 Å². The lowest BCUT2D eigenvalue weighted by atomic mass is 10.0. The number of H-pyrrole nitrogens is 1. The number of nitrogens with one attached hydrogen (secondary N) is 2. The fourth-order valence-corrected chi connectivity index (χ4v) is 4.90. The number of urea groups is 1. The molecular formula is C17H20N8OS. The van der Waals surface area contributed by atoms with Crippen molar-refractivity contribution >= 4 is 39.4 Å². The van der Waals surface area contributed by atoms with Gasteiger partial charge < -0.3 is 14.8 Å². The SMILES string of the molecule is CN(c1ncnc2[nH]ccc12)[C@H]1CC2CN(C(=O)Nc3nncs3)C[C@H]2C1. The maximum atomic E-state index is 12.4. The van der Waals surface area contributed by atoms with E-state index in [9.17, 15) is 4.79 Å². The minimum absolute atomic E-state index is 0.0733. The van der Waals surface area contributed by atoms with E-state index in [2.05, 4.69) is 42.4 Å². The van der Waals surface area contributed by atoms with Crippen LogP contribution in [0.2, 0.25) is 0 Å². The molecule has 1 aliphatic carbocycles. The van der Waals surface area contributed by atoms with E-state index in [1.54, 1.807) is 11.8 Å². The molecule has 140 valence electrons. The molecule has 9 nitrogen and oxygen atoms in total. The van der Waals surface area contributed by atoms with Crippen molar-refractivity contribution in [1.29, 1.82) is 0 Å². The van der Waals surface area contributed by atoms with Gasteiger partial charge in [-0.05, 0) is 30.7 Å². The van der Waals surface area contributed by atoms with Gasteiger partial charge in [0.1, 0.15) is 23.3 Å². The largest absolute Gasteiger partial charge is 0.356 e. The molecule has 0 spiro atoms. The molecule has 0 radical (unpaired) electrons. The molecule has 3 aromatic heterocycles. The number of hydrogen-bond donors (Lipinski definition) is 2. The standard InChI is InChI=1S/C17H20N8OS/c1-24(15-13-2-3-18-14(13)19-8-20-15)12-4-10-6-25(7-11(10)5-12)17(26)22-16-23-21-9-27-16/h2-3,8-12H,4-7H2,1H3,(H,18,19,20)(H,22,23,26)/t10-,11?,12-/m1/s1. The first-order valence-electron chi connectivity index (χ1n) is 9.02. The van der Waals surface area contributed by atoms with E-state index in [1.165, 1.54) is 11.3 Å². The Morgan fingerprint density at radius 2 is 2.15 bits per heavy atom. The van der Waals surface area contributed by atoms with Gasteiger partial charge in [0.15, 0.2) is 0 Å². The van der Waals surface area contributed by atoms with Gasteiger partial charge in [-0.3, -0.25) is 5.32 Å². The number of fused-ring (bicyclic) bond motifs is 2. The quantitative estimate of drug-likeness (QED) is 0.717. The first-order valence-corrected chi connectivity index (χ1v) is 9.90. The molecule has 3 atom stereocenters. The fourth-order valence-electron chi connectivity index (χ4n) is 4.46. The summed E-state index contributed by atoms with van der Waals surface area (Å²) in [7, 11) is 2.11. The number of amides is 2. The van der Waals surface area contributed by atoms with Crippen LogP contribution in [0.4, 0.5) is 15.7 Å². The number of aromatic amines is 1. The lowest BCUT2D eigenvalue weighted by Crippen LogP contribution is -2.36. The number of nitrogens with zero attached hydrogens (tertiary/aromatic N) is 6. The Morgan fingerprint density at radius 3 is 2.89 bits per heavy atom. The number of aromatic nitrogens is 5. The van der Waals surface area contributed by atoms with Gasteiger partial charge in [0.05, 0.1) is 5.39 Å². The lowest BCUT2D eigenvalue weighted by Gasteiger charge is -2.27. The Kier molecular flexibility index (Phi) is 3.92. The van der Waals surface area contributed by atoms with Crippen molar-refractivity contribution in [3.05, 3.63) is 24.1 Å². The van der Waals surface area contributed by atoms with Crippen LogP contribution in [0.5, 0.6) is 0 Å². The molecule has 0 aromatic carbocycles. The summed E-state index contributed by atoms with van der Waals surface area (Å²) >= 11 is 1.33. The summed E-state index contributed by atoms with van der Waals surface area (Å²) in [5, 5.41) is 12.1. The molecule has 10 heteroatoms. The third kappa shape index (κ3) is 2.89. The van der Waals surface area contributed by atoms with Crippen molar-refractivity contribution in [3.63, 3.8) is 0 Å². The molecule has 2 aliphatic rings. The third-order valence-electron chi connectivity index (χ3n) is 5.80. The van der Waals surface area contributed by atoms with E-state index in [0.717, 1.165) is 42.8 Å². The molecule has 0 bridgehead atoms. The first-order chi connectivity index (χ1) is 13.2. The fraction of sp³-hybridized carbons (Fsp3) is 0.471. The molecule has 1 aliphatic heterocycles. The van der Waals surface area contributed by atoms with Crippen molar-refractivity contribution in [2.24, 2.45) is 11.8 Å². The van der Waals surface area contributed by atoms with Gasteiger partial charge >= 0.3 is 6.03 Å². The zero-order valence-corrected chi connectivity index (χ0v) is 15.7. The molecule has 1 unspecified atom stereocenters. The summed E-state index contributed by atoms with van der Waals surface area (Å²) in [5.74, 6) is 2.03. The average molecular weight is 384 g/mol. The van der Waals surface area contributed by atoms with Crippen molar-refractivity contribution in [3.8, 4) is 0 Å². The van der Waals surface area contributed by atoms with E-state index in [4.69, 9.17) is 0 Å². The lowest BCUT2D eigenvalue weighted by molar-refractivity contribution is 0.218. The molecule has 2 fully saturated rings. The van der Waals surface area contributed by atoms with Crippen molar-refractivity contribution < 1.29 is 4.79 Å². The van der Waals surface area contributed by atoms with Gasteiger partial charge in [-0.2, -0.15) is 0 Å². The van der Waals surface area contributed by atoms with E-state index in [-0.39, 0.29) is 6.03 Å². The van der Waals surface area contributed by atoms with Gasteiger partial charge in [0.25, 0.3) is 0 Å². The molecule has 5 rings (SSSR count). The molecule has 2 N–H and O–H groups in total. The Bertz CT molecular complexity index is 943. The average Bonchev–Trinajstić information content (AvgIpc) is 3.42. The second-order valence-corrected chi connectivity index (χ2v) is 8.11. The number of hydrogen-bond acceptors (Lipinski definition) is 7. The highest BCUT2D eigenvalue weighted by atomic mass is 32.1. The van der Waals surface area contributed by atoms with Crippen molar-refractivity contribution in [2.45, 2.75) is 18.9 Å². The summed E-state index contributed by atoms with van der Waals surface area (Å²) in [6.07, 6.45) is 5.65. The van der Waals surface area contributed by atoms with Crippen LogP contribution >= 0.6 is 11.3 Å². The van der Waals surface area contributed by atoms with Crippen LogP contribution in [-0.2, 0) is 0 Å². The van der Waals surface area contributed by atoms with Crippen LogP contribution in [0.25, 0.3) is 11.0 Å². The van der Waals surface area contributed by atoms with E-state index in [0.29, 0.717) is 23.0 Å². The van der Waals surface area contributed by atoms with Crippen LogP contribution in [0.15, 0.2) is 24.1 Å². The minimum atomic E-state index is -0.0733. The second kappa shape index (κ2) is 6.45. The molecule has 2 amide bonds. The minimum Gasteiger partial charge on any atom is -0.356 e. The highest BCUT2D eigenvalue weighted by molar-refractivity contribution is 7.13. The zero-order chi connectivity index (χ0) is 18.4. The molecule has 3 aromatic rings. The summed E-state index contributed by atoms with van der Waals surface area (Å²) in [5.41, 5.74) is 2.48. The van der Waals surface area contributed by atoms with E-state index >= 15 is 0 Å². The number of anilines is 2. The maximum absolute atomic E-state index is 12.4. The predicted molar refractivity (Wildman–Crippen MR) is 103 cm³/mol. The monoisotopic (exact) mass is 384 g/mol. The molecule has 1 saturated carbocycles. The number of rotatable bonds is 3. The number of carbonyl (C=O) groups excluding carboxylic acids is 1. The number of likely N-dealkylation sites (tertiary alicyclic amines) is 1. The van der Waals surface area contributed by atoms with Crippen molar-refractivity contribution in [2.75, 3.05) is 30.4 Å². The van der Waals surface area contributed by atoms with Crippen LogP contribution in [-0.4, -0.2) is 62.3 Å². The molecule has 1 saturated heterocycles. The van der Waals surface area contributed by atoms with Gasteiger partial charge in [-0.15, -0.1) is 10.2 Å². The van der Waals surface area contributed by atoms with E-state index in [1.807, 2.05) is 17.2 Å². The van der Waals surface area contributed by atoms with Gasteiger partial charge in [-0.25, -0.2) is 14.8 Å². The van der Waals surface area contributed by atoms with Gasteiger partial charge in [0, 0.05) is 32.4 Å². The number of carbonyl (C=O) groups is 1. The highest BCUT2D eigenvalue weighted by Crippen LogP contribution is 2.41. The zero-order valence-electron chi connectivity index (χ0n) is 14.9. The predicted octanol–water partition coefficient (Wildman–Crippen LogP) is 2.19. The van der Waals surface area contributed by atoms with Crippen LogP contribution < -0.4 is 10.2 Å². The van der Waals surface area contributed by atoms with Crippen molar-refractivity contribution in [1.82, 2.24) is 30.0 Å². The van der Waals surface area contributed by atoms with Crippen LogP contribution in [0.3, 0.4) is 0 Å². The highest BCUT2D eigenvalue weighted by Gasteiger charge is 2.44. The Labute approximate surface area is 159 Å². The molecule has 4 heterocycles. The van der Waals surface area contributed by atoms with Gasteiger partial charge in [0.2, 0.25) is 5.13 Å². The Balaban J connectivity index is 1.24. The molecular weight excluding hydrogens is 364 g/mol. The summed E-state index contributed by atoms with van der Waals surface area (Å²) in [6.45, 7) is 1.59. The first kappa shape index (κ1) is 16.4. The van der Waals surface area contributed by atoms with E-state index < -0.39 is 0 Å². The summed E-state index contributed by atoms with van der Waals surface area (Å²) in [6, 6.07) is 2.38. The Hall–Kier alpha value is -2.75. The van der Waals surface area contributed by atoms with Crippen LogP contribution in [0.1, 0.15) is 12.8 Å². The second-order valence-electron chi connectivity index (χ2n) is 7.27. The smallest absolute Gasteiger partial charge is 0.323 e. The van der Waals surface area contributed by atoms with Crippen LogP contribution in [0, 0.1) is 11.8 Å². The normalized spacial score (nSPS) is 24.3. The summed E-state index contributed by atoms with van der Waals surface area (Å²) in [4.78, 5) is 28.5.